The van der Waals surface area contributed by atoms with E-state index in [1.807, 2.05) is 6.07 Å². The first kappa shape index (κ1) is 21.3. The molecule has 0 spiro atoms. The zero-order chi connectivity index (χ0) is 21.0. The standard InChI is InChI=1S/C20H29BN4O4/c1-13(26)18-6-2-5-15-8-16(21(28)29-19(15)18)9-17(27)12-25-7-3-4-14(11-25)10-24-20(22)23/h2,5-6,14,16,28H,3-4,7-12H2,1H3,(H4,22,23,24)/t14?,16-/m1/s1. The first-order valence-electron chi connectivity index (χ1n) is 10.1. The largest absolute Gasteiger partial charge is 0.535 e. The molecule has 9 heteroatoms. The number of hydrogen-bond acceptors (Lipinski definition) is 6. The number of para-hydroxylation sites is 1. The number of piperidine rings is 1. The van der Waals surface area contributed by atoms with Crippen molar-refractivity contribution in [3.63, 3.8) is 0 Å². The van der Waals surface area contributed by atoms with Crippen molar-refractivity contribution in [1.82, 2.24) is 4.90 Å². The Hall–Kier alpha value is -2.39. The van der Waals surface area contributed by atoms with E-state index >= 15 is 0 Å². The summed E-state index contributed by atoms with van der Waals surface area (Å²) < 4.78 is 5.63. The predicted molar refractivity (Wildman–Crippen MR) is 112 cm³/mol. The fraction of sp³-hybridized carbons (Fsp3) is 0.550. The van der Waals surface area contributed by atoms with Gasteiger partial charge in [0, 0.05) is 25.3 Å². The zero-order valence-electron chi connectivity index (χ0n) is 16.8. The quantitative estimate of drug-likeness (QED) is 0.265. The van der Waals surface area contributed by atoms with Crippen LogP contribution in [-0.2, 0) is 11.2 Å². The van der Waals surface area contributed by atoms with Gasteiger partial charge in [-0.3, -0.25) is 19.5 Å². The molecule has 5 N–H and O–H groups in total. The fourth-order valence-corrected chi connectivity index (χ4v) is 4.22. The minimum atomic E-state index is -1.09. The number of rotatable bonds is 7. The zero-order valence-corrected chi connectivity index (χ0v) is 16.8. The average Bonchev–Trinajstić information content (AvgIpc) is 2.66. The highest BCUT2D eigenvalue weighted by molar-refractivity contribution is 6.47. The molecule has 0 aromatic heterocycles. The second kappa shape index (κ2) is 9.41. The first-order valence-corrected chi connectivity index (χ1v) is 10.1. The number of hydrogen-bond donors (Lipinski definition) is 3. The second-order valence-electron chi connectivity index (χ2n) is 8.07. The number of benzene rings is 1. The van der Waals surface area contributed by atoms with Crippen molar-refractivity contribution in [2.24, 2.45) is 22.4 Å². The van der Waals surface area contributed by atoms with E-state index in [-0.39, 0.29) is 29.8 Å². The summed E-state index contributed by atoms with van der Waals surface area (Å²) in [5, 5.41) is 10.4. The summed E-state index contributed by atoms with van der Waals surface area (Å²) in [6.07, 6.45) is 2.80. The molecule has 0 saturated carbocycles. The van der Waals surface area contributed by atoms with Gasteiger partial charge in [-0.25, -0.2) is 0 Å². The lowest BCUT2D eigenvalue weighted by Gasteiger charge is -2.32. The molecule has 1 unspecified atom stereocenters. The van der Waals surface area contributed by atoms with Crippen LogP contribution >= 0.6 is 0 Å². The van der Waals surface area contributed by atoms with Gasteiger partial charge < -0.3 is 21.1 Å². The van der Waals surface area contributed by atoms with Crippen LogP contribution in [0.4, 0.5) is 0 Å². The molecule has 29 heavy (non-hydrogen) atoms. The molecule has 3 rings (SSSR count). The molecule has 2 aliphatic rings. The van der Waals surface area contributed by atoms with Gasteiger partial charge in [-0.2, -0.15) is 0 Å². The Labute approximate surface area is 171 Å². The molecule has 1 aromatic carbocycles. The Morgan fingerprint density at radius 1 is 1.38 bits per heavy atom. The van der Waals surface area contributed by atoms with Crippen molar-refractivity contribution >= 4 is 24.6 Å². The highest BCUT2D eigenvalue weighted by Gasteiger charge is 2.37. The molecule has 0 bridgehead atoms. The van der Waals surface area contributed by atoms with E-state index < -0.39 is 7.12 Å². The average molecular weight is 400 g/mol. The Bertz CT molecular complexity index is 797. The van der Waals surface area contributed by atoms with Crippen LogP contribution in [0.5, 0.6) is 5.75 Å². The van der Waals surface area contributed by atoms with E-state index in [0.29, 0.717) is 36.7 Å². The molecule has 1 fully saturated rings. The number of Topliss-reactive ketones (excluding diaryl/α,β-unsaturated/α-hetero) is 2. The minimum Gasteiger partial charge on any atom is -0.535 e. The summed E-state index contributed by atoms with van der Waals surface area (Å²) in [5.41, 5.74) is 12.1. The van der Waals surface area contributed by atoms with E-state index in [4.69, 9.17) is 16.1 Å². The van der Waals surface area contributed by atoms with Crippen LogP contribution < -0.4 is 16.1 Å². The van der Waals surface area contributed by atoms with Gasteiger partial charge in [-0.15, -0.1) is 0 Å². The van der Waals surface area contributed by atoms with Gasteiger partial charge in [-0.1, -0.05) is 12.1 Å². The Balaban J connectivity index is 1.56. The molecule has 0 radical (unpaired) electrons. The van der Waals surface area contributed by atoms with E-state index in [1.54, 1.807) is 12.1 Å². The van der Waals surface area contributed by atoms with Crippen molar-refractivity contribution in [3.8, 4) is 5.75 Å². The Morgan fingerprint density at radius 3 is 2.90 bits per heavy atom. The van der Waals surface area contributed by atoms with Gasteiger partial charge in [0.2, 0.25) is 0 Å². The van der Waals surface area contributed by atoms with Crippen molar-refractivity contribution in [2.45, 2.75) is 38.4 Å². The van der Waals surface area contributed by atoms with Crippen LogP contribution in [-0.4, -0.2) is 60.7 Å². The molecule has 2 atom stereocenters. The number of carbonyl (C=O) groups is 2. The maximum atomic E-state index is 12.7. The van der Waals surface area contributed by atoms with Crippen molar-refractivity contribution < 1.29 is 19.3 Å². The van der Waals surface area contributed by atoms with Gasteiger partial charge in [-0.05, 0) is 50.3 Å². The third kappa shape index (κ3) is 5.58. The highest BCUT2D eigenvalue weighted by atomic mass is 16.5. The maximum Gasteiger partial charge on any atom is 0.526 e. The van der Waals surface area contributed by atoms with Gasteiger partial charge in [0.25, 0.3) is 0 Å². The second-order valence-corrected chi connectivity index (χ2v) is 8.07. The molecule has 2 heterocycles. The lowest BCUT2D eigenvalue weighted by molar-refractivity contribution is -0.120. The fourth-order valence-electron chi connectivity index (χ4n) is 4.22. The van der Waals surface area contributed by atoms with Gasteiger partial charge in [0.05, 0.1) is 12.1 Å². The van der Waals surface area contributed by atoms with Crippen molar-refractivity contribution in [3.05, 3.63) is 29.3 Å². The van der Waals surface area contributed by atoms with Gasteiger partial charge in [0.1, 0.15) is 11.5 Å². The lowest BCUT2D eigenvalue weighted by Crippen LogP contribution is -2.41. The van der Waals surface area contributed by atoms with Crippen LogP contribution in [0.1, 0.15) is 42.1 Å². The van der Waals surface area contributed by atoms with E-state index in [1.165, 1.54) is 6.92 Å². The monoisotopic (exact) mass is 400 g/mol. The maximum absolute atomic E-state index is 12.7. The highest BCUT2D eigenvalue weighted by Crippen LogP contribution is 2.36. The van der Waals surface area contributed by atoms with Gasteiger partial charge >= 0.3 is 7.12 Å². The molecule has 0 aliphatic carbocycles. The number of guanidine groups is 1. The summed E-state index contributed by atoms with van der Waals surface area (Å²) in [5.74, 6) is 0.529. The number of likely N-dealkylation sites (tertiary alicyclic amines) is 1. The number of nitrogens with two attached hydrogens (primary N) is 2. The summed E-state index contributed by atoms with van der Waals surface area (Å²) in [6.45, 7) is 4.06. The van der Waals surface area contributed by atoms with E-state index in [2.05, 4.69) is 9.89 Å². The number of aliphatic imine (C=N–C) groups is 1. The summed E-state index contributed by atoms with van der Waals surface area (Å²) in [4.78, 5) is 30.7. The molecule has 1 saturated heterocycles. The smallest absolute Gasteiger partial charge is 0.526 e. The molecule has 2 aliphatic heterocycles. The van der Waals surface area contributed by atoms with Crippen LogP contribution in [0, 0.1) is 5.92 Å². The van der Waals surface area contributed by atoms with Crippen LogP contribution in [0.15, 0.2) is 23.2 Å². The molecular weight excluding hydrogens is 371 g/mol. The third-order valence-corrected chi connectivity index (χ3v) is 5.62. The third-order valence-electron chi connectivity index (χ3n) is 5.62. The Kier molecular flexibility index (Phi) is 6.92. The minimum absolute atomic E-state index is 0.0753. The molecule has 8 nitrogen and oxygen atoms in total. The number of ketones is 2. The van der Waals surface area contributed by atoms with Crippen molar-refractivity contribution in [2.75, 3.05) is 26.2 Å². The van der Waals surface area contributed by atoms with Crippen LogP contribution in [0.25, 0.3) is 0 Å². The topological polar surface area (TPSA) is 131 Å². The summed E-state index contributed by atoms with van der Waals surface area (Å²) in [7, 11) is -1.09. The molecule has 0 amide bonds. The molecule has 156 valence electrons. The van der Waals surface area contributed by atoms with Gasteiger partial charge in [0.15, 0.2) is 11.7 Å². The predicted octanol–water partition coefficient (Wildman–Crippen LogP) is 0.619. The normalized spacial score (nSPS) is 21.8. The summed E-state index contributed by atoms with van der Waals surface area (Å²) in [6, 6.07) is 5.37. The SMILES string of the molecule is CC(=O)c1cccc2c1OB(O)[C@@H](CC(=O)CN1CCCC(CN=C(N)N)C1)C2. The molecule has 1 aromatic rings. The van der Waals surface area contributed by atoms with E-state index in [9.17, 15) is 14.6 Å². The Morgan fingerprint density at radius 2 is 2.17 bits per heavy atom. The first-order chi connectivity index (χ1) is 13.8. The molecular formula is C20H29BN4O4. The summed E-state index contributed by atoms with van der Waals surface area (Å²) >= 11 is 0. The number of carbonyl (C=O) groups excluding carboxylic acids is 2. The lowest BCUT2D eigenvalue weighted by atomic mass is 9.64. The van der Waals surface area contributed by atoms with E-state index in [0.717, 1.165) is 31.5 Å². The van der Waals surface area contributed by atoms with Crippen molar-refractivity contribution in [1.29, 1.82) is 0 Å². The van der Waals surface area contributed by atoms with Crippen LogP contribution in [0.2, 0.25) is 5.82 Å². The number of nitrogens with zero attached hydrogens (tertiary/aromatic N) is 2. The van der Waals surface area contributed by atoms with Crippen LogP contribution in [0.3, 0.4) is 0 Å². The number of fused-ring (bicyclic) bond motifs is 1.